The molecule has 2 aliphatic rings. The maximum atomic E-state index is 12.7. The summed E-state index contributed by atoms with van der Waals surface area (Å²) in [5, 5.41) is 0. The lowest BCUT2D eigenvalue weighted by atomic mass is 9.95. The smallest absolute Gasteiger partial charge is 0.249 e. The first kappa shape index (κ1) is 18.1. The van der Waals surface area contributed by atoms with Crippen LogP contribution in [0.15, 0.2) is 48.8 Å². The van der Waals surface area contributed by atoms with E-state index < -0.39 is 0 Å². The SMILES string of the molecule is O=C1COCC(c2cnccc2-c2ccccc2)N1CCN1CCCCC1. The second-order valence-corrected chi connectivity index (χ2v) is 7.35. The van der Waals surface area contributed by atoms with Gasteiger partial charge in [-0.15, -0.1) is 0 Å². The molecule has 0 N–H and O–H groups in total. The third kappa shape index (κ3) is 4.20. The van der Waals surface area contributed by atoms with Gasteiger partial charge in [0.2, 0.25) is 5.91 Å². The van der Waals surface area contributed by atoms with Gasteiger partial charge in [0.25, 0.3) is 0 Å². The Kier molecular flexibility index (Phi) is 5.80. The van der Waals surface area contributed by atoms with Crippen molar-refractivity contribution in [2.75, 3.05) is 39.4 Å². The van der Waals surface area contributed by atoms with Crippen molar-refractivity contribution in [2.45, 2.75) is 25.3 Å². The predicted octanol–water partition coefficient (Wildman–Crippen LogP) is 3.13. The number of hydrogen-bond acceptors (Lipinski definition) is 4. The van der Waals surface area contributed by atoms with Crippen LogP contribution in [0, 0.1) is 0 Å². The third-order valence-corrected chi connectivity index (χ3v) is 5.60. The average Bonchev–Trinajstić information content (AvgIpc) is 2.74. The number of carbonyl (C=O) groups is 1. The third-order valence-electron chi connectivity index (χ3n) is 5.60. The Hall–Kier alpha value is -2.24. The number of pyridine rings is 1. The molecule has 5 nitrogen and oxygen atoms in total. The number of benzene rings is 1. The molecular formula is C22H27N3O2. The zero-order valence-electron chi connectivity index (χ0n) is 15.7. The number of amides is 1. The van der Waals surface area contributed by atoms with Crippen LogP contribution in [-0.4, -0.2) is 60.1 Å². The number of piperidine rings is 1. The number of nitrogens with zero attached hydrogens (tertiary/aromatic N) is 3. The molecule has 142 valence electrons. The van der Waals surface area contributed by atoms with E-state index in [4.69, 9.17) is 4.74 Å². The maximum absolute atomic E-state index is 12.7. The largest absolute Gasteiger partial charge is 0.369 e. The first-order valence-corrected chi connectivity index (χ1v) is 9.92. The highest BCUT2D eigenvalue weighted by atomic mass is 16.5. The van der Waals surface area contributed by atoms with Crippen LogP contribution in [0.4, 0.5) is 0 Å². The van der Waals surface area contributed by atoms with E-state index in [9.17, 15) is 4.79 Å². The molecule has 1 amide bonds. The molecule has 27 heavy (non-hydrogen) atoms. The molecule has 1 aromatic carbocycles. The molecule has 5 heteroatoms. The van der Waals surface area contributed by atoms with Crippen LogP contribution in [-0.2, 0) is 9.53 Å². The van der Waals surface area contributed by atoms with Gasteiger partial charge >= 0.3 is 0 Å². The Labute approximate surface area is 161 Å². The number of morpholine rings is 1. The second-order valence-electron chi connectivity index (χ2n) is 7.35. The van der Waals surface area contributed by atoms with E-state index in [1.807, 2.05) is 41.6 Å². The van der Waals surface area contributed by atoms with Crippen molar-refractivity contribution in [1.82, 2.24) is 14.8 Å². The molecule has 1 unspecified atom stereocenters. The van der Waals surface area contributed by atoms with Gasteiger partial charge in [0.15, 0.2) is 0 Å². The van der Waals surface area contributed by atoms with E-state index in [2.05, 4.69) is 22.0 Å². The summed E-state index contributed by atoms with van der Waals surface area (Å²) >= 11 is 0. The van der Waals surface area contributed by atoms with Crippen molar-refractivity contribution in [2.24, 2.45) is 0 Å². The number of likely N-dealkylation sites (tertiary alicyclic amines) is 1. The number of hydrogen-bond donors (Lipinski definition) is 0. The Morgan fingerprint density at radius 2 is 1.85 bits per heavy atom. The molecule has 2 aliphatic heterocycles. The molecule has 0 radical (unpaired) electrons. The van der Waals surface area contributed by atoms with Crippen molar-refractivity contribution in [1.29, 1.82) is 0 Å². The normalized spacial score (nSPS) is 21.4. The van der Waals surface area contributed by atoms with Gasteiger partial charge in [0.05, 0.1) is 12.6 Å². The van der Waals surface area contributed by atoms with Crippen molar-refractivity contribution in [3.8, 4) is 11.1 Å². The Balaban J connectivity index is 1.58. The van der Waals surface area contributed by atoms with Crippen LogP contribution in [0.25, 0.3) is 11.1 Å². The molecule has 2 fully saturated rings. The average molecular weight is 365 g/mol. The summed E-state index contributed by atoms with van der Waals surface area (Å²) in [6.45, 7) is 4.67. The van der Waals surface area contributed by atoms with E-state index in [1.54, 1.807) is 0 Å². The predicted molar refractivity (Wildman–Crippen MR) is 105 cm³/mol. The quantitative estimate of drug-likeness (QED) is 0.817. The summed E-state index contributed by atoms with van der Waals surface area (Å²) < 4.78 is 5.63. The molecule has 3 heterocycles. The highest BCUT2D eigenvalue weighted by Gasteiger charge is 2.32. The summed E-state index contributed by atoms with van der Waals surface area (Å²) in [5.74, 6) is 0.0751. The van der Waals surface area contributed by atoms with Crippen molar-refractivity contribution in [3.63, 3.8) is 0 Å². The Morgan fingerprint density at radius 1 is 1.04 bits per heavy atom. The first-order chi connectivity index (χ1) is 13.3. The van der Waals surface area contributed by atoms with Gasteiger partial charge < -0.3 is 14.5 Å². The Bertz CT molecular complexity index is 759. The van der Waals surface area contributed by atoms with Gasteiger partial charge in [-0.1, -0.05) is 36.8 Å². The van der Waals surface area contributed by atoms with E-state index >= 15 is 0 Å². The number of aromatic nitrogens is 1. The summed E-state index contributed by atoms with van der Waals surface area (Å²) in [7, 11) is 0. The van der Waals surface area contributed by atoms with Gasteiger partial charge in [0.1, 0.15) is 6.61 Å². The first-order valence-electron chi connectivity index (χ1n) is 9.92. The highest BCUT2D eigenvalue weighted by molar-refractivity contribution is 5.79. The lowest BCUT2D eigenvalue weighted by Crippen LogP contribution is -2.48. The molecule has 2 aromatic rings. The van der Waals surface area contributed by atoms with Gasteiger partial charge in [-0.2, -0.15) is 0 Å². The van der Waals surface area contributed by atoms with E-state index in [0.717, 1.165) is 42.9 Å². The van der Waals surface area contributed by atoms with Crippen molar-refractivity contribution < 1.29 is 9.53 Å². The Morgan fingerprint density at radius 3 is 2.67 bits per heavy atom. The molecule has 2 saturated heterocycles. The van der Waals surface area contributed by atoms with Crippen molar-refractivity contribution in [3.05, 3.63) is 54.4 Å². The van der Waals surface area contributed by atoms with Gasteiger partial charge in [-0.05, 0) is 43.1 Å². The fourth-order valence-corrected chi connectivity index (χ4v) is 4.13. The molecular weight excluding hydrogens is 338 g/mol. The minimum Gasteiger partial charge on any atom is -0.369 e. The van der Waals surface area contributed by atoms with Crippen LogP contribution in [0.5, 0.6) is 0 Å². The molecule has 0 aliphatic carbocycles. The van der Waals surface area contributed by atoms with Crippen LogP contribution in [0.1, 0.15) is 30.9 Å². The summed E-state index contributed by atoms with van der Waals surface area (Å²) in [5.41, 5.74) is 3.33. The van der Waals surface area contributed by atoms with Crippen LogP contribution >= 0.6 is 0 Å². The fraction of sp³-hybridized carbons (Fsp3) is 0.455. The summed E-state index contributed by atoms with van der Waals surface area (Å²) in [4.78, 5) is 21.5. The number of carbonyl (C=O) groups excluding carboxylic acids is 1. The minimum absolute atomic E-state index is 0.0751. The molecule has 0 saturated carbocycles. The standard InChI is InChI=1S/C22H27N3O2/c26-22-17-27-16-21(25(22)14-13-24-11-5-2-6-12-24)20-15-23-10-9-19(20)18-7-3-1-4-8-18/h1,3-4,7-10,15,21H,2,5-6,11-14,16-17H2. The van der Waals surface area contributed by atoms with E-state index in [0.29, 0.717) is 6.61 Å². The topological polar surface area (TPSA) is 45.7 Å². The van der Waals surface area contributed by atoms with Gasteiger partial charge in [0, 0.05) is 31.0 Å². The molecule has 1 atom stereocenters. The number of ether oxygens (including phenoxy) is 1. The lowest BCUT2D eigenvalue weighted by molar-refractivity contribution is -0.148. The fourth-order valence-electron chi connectivity index (χ4n) is 4.13. The van der Waals surface area contributed by atoms with Crippen LogP contribution in [0.3, 0.4) is 0 Å². The minimum atomic E-state index is -0.0834. The number of rotatable bonds is 5. The van der Waals surface area contributed by atoms with Gasteiger partial charge in [-0.3, -0.25) is 9.78 Å². The summed E-state index contributed by atoms with van der Waals surface area (Å²) in [6.07, 6.45) is 7.56. The second kappa shape index (κ2) is 8.63. The molecule has 0 spiro atoms. The van der Waals surface area contributed by atoms with E-state index in [1.165, 1.54) is 19.3 Å². The summed E-state index contributed by atoms with van der Waals surface area (Å²) in [6, 6.07) is 12.2. The maximum Gasteiger partial charge on any atom is 0.249 e. The molecule has 1 aromatic heterocycles. The van der Waals surface area contributed by atoms with Crippen LogP contribution in [0.2, 0.25) is 0 Å². The zero-order valence-corrected chi connectivity index (χ0v) is 15.7. The monoisotopic (exact) mass is 365 g/mol. The molecule has 4 rings (SSSR count). The van der Waals surface area contributed by atoms with Crippen molar-refractivity contribution >= 4 is 5.91 Å². The highest BCUT2D eigenvalue weighted by Crippen LogP contribution is 2.32. The van der Waals surface area contributed by atoms with E-state index in [-0.39, 0.29) is 18.6 Å². The molecule has 0 bridgehead atoms. The zero-order chi connectivity index (χ0) is 18.5. The van der Waals surface area contributed by atoms with Crippen LogP contribution < -0.4 is 0 Å². The van der Waals surface area contributed by atoms with Gasteiger partial charge in [-0.25, -0.2) is 0 Å². The lowest BCUT2D eigenvalue weighted by Gasteiger charge is -2.38.